The van der Waals surface area contributed by atoms with Gasteiger partial charge in [0.05, 0.1) is 24.0 Å². The average Bonchev–Trinajstić information content (AvgIpc) is 3.13. The minimum Gasteiger partial charge on any atom is -0.497 e. The molecule has 1 amide bonds. The Hall–Kier alpha value is -4.92. The van der Waals surface area contributed by atoms with Gasteiger partial charge in [0.25, 0.3) is 11.5 Å². The molecule has 0 aliphatic carbocycles. The highest BCUT2D eigenvalue weighted by molar-refractivity contribution is 6.05. The van der Waals surface area contributed by atoms with Crippen molar-refractivity contribution >= 4 is 22.5 Å². The molecule has 3 aromatic carbocycles. The number of aryl methyl sites for hydroxylation is 1. The number of rotatable bonds is 6. The number of amides is 1. The number of carbonyl (C=O) groups is 1. The molecule has 0 saturated carbocycles. The number of hydrogen-bond acceptors (Lipinski definition) is 5. The number of methoxy groups -OCH3 is 1. The first-order valence-corrected chi connectivity index (χ1v) is 11.8. The predicted octanol–water partition coefficient (Wildman–Crippen LogP) is 5.53. The number of aromatic nitrogens is 3. The van der Waals surface area contributed by atoms with Crippen molar-refractivity contribution in [2.24, 2.45) is 7.05 Å². The molecule has 0 spiro atoms. The monoisotopic (exact) mass is 512 g/mol. The Morgan fingerprint density at radius 3 is 2.45 bits per heavy atom. The number of halogens is 1. The van der Waals surface area contributed by atoms with E-state index >= 15 is 4.39 Å². The first-order chi connectivity index (χ1) is 18.3. The van der Waals surface area contributed by atoms with Gasteiger partial charge in [-0.05, 0) is 56.3 Å². The highest BCUT2D eigenvalue weighted by atomic mass is 19.1. The summed E-state index contributed by atoms with van der Waals surface area (Å²) in [5, 5.41) is 3.32. The zero-order chi connectivity index (χ0) is 27.0. The van der Waals surface area contributed by atoms with E-state index in [0.29, 0.717) is 33.8 Å². The van der Waals surface area contributed by atoms with Gasteiger partial charge in [0.15, 0.2) is 11.6 Å². The van der Waals surface area contributed by atoms with Crippen LogP contribution in [-0.2, 0) is 7.05 Å². The second kappa shape index (κ2) is 9.85. The molecule has 9 heteroatoms. The molecule has 8 nitrogen and oxygen atoms in total. The molecule has 5 aromatic rings. The molecule has 0 fully saturated rings. The molecule has 0 saturated heterocycles. The van der Waals surface area contributed by atoms with E-state index in [4.69, 9.17) is 9.47 Å². The minimum atomic E-state index is -0.678. The largest absolute Gasteiger partial charge is 0.497 e. The van der Waals surface area contributed by atoms with Crippen LogP contribution in [0.4, 0.5) is 10.1 Å². The van der Waals surface area contributed by atoms with Crippen LogP contribution in [0, 0.1) is 19.7 Å². The SMILES string of the molecule is COc1ccc2c(Oc3ccc(NC(=O)c4c(C)n(C)n(-c5ccc(C)cc5)c4=O)cc3F)ccnc2c1. The van der Waals surface area contributed by atoms with Gasteiger partial charge < -0.3 is 14.8 Å². The van der Waals surface area contributed by atoms with Gasteiger partial charge in [-0.1, -0.05) is 17.7 Å². The lowest BCUT2D eigenvalue weighted by Gasteiger charge is -2.11. The third-order valence-corrected chi connectivity index (χ3v) is 6.38. The molecule has 192 valence electrons. The number of benzene rings is 3. The number of carbonyl (C=O) groups excluding carboxylic acids is 1. The molecule has 2 aromatic heterocycles. The Kier molecular flexibility index (Phi) is 6.42. The van der Waals surface area contributed by atoms with Gasteiger partial charge in [-0.25, -0.2) is 9.07 Å². The molecule has 0 unspecified atom stereocenters. The highest BCUT2D eigenvalue weighted by Gasteiger charge is 2.23. The fourth-order valence-electron chi connectivity index (χ4n) is 4.24. The summed E-state index contributed by atoms with van der Waals surface area (Å²) in [6, 6.07) is 18.4. The fourth-order valence-corrected chi connectivity index (χ4v) is 4.24. The van der Waals surface area contributed by atoms with Gasteiger partial charge >= 0.3 is 0 Å². The van der Waals surface area contributed by atoms with E-state index in [0.717, 1.165) is 11.6 Å². The number of pyridine rings is 1. The molecule has 0 bridgehead atoms. The maximum Gasteiger partial charge on any atom is 0.284 e. The molecule has 0 radical (unpaired) electrons. The molecular formula is C29H25FN4O4. The van der Waals surface area contributed by atoms with E-state index < -0.39 is 17.3 Å². The van der Waals surface area contributed by atoms with Gasteiger partial charge in [-0.2, -0.15) is 0 Å². The summed E-state index contributed by atoms with van der Waals surface area (Å²) in [6.45, 7) is 3.64. The Morgan fingerprint density at radius 2 is 1.74 bits per heavy atom. The lowest BCUT2D eigenvalue weighted by Crippen LogP contribution is -2.25. The van der Waals surface area contributed by atoms with Gasteiger partial charge in [-0.15, -0.1) is 0 Å². The summed E-state index contributed by atoms with van der Waals surface area (Å²) in [5.74, 6) is -0.263. The molecule has 2 heterocycles. The third-order valence-electron chi connectivity index (χ3n) is 6.38. The average molecular weight is 513 g/mol. The Balaban J connectivity index is 1.39. The summed E-state index contributed by atoms with van der Waals surface area (Å²) >= 11 is 0. The third kappa shape index (κ3) is 4.50. The number of fused-ring (bicyclic) bond motifs is 1. The molecular weight excluding hydrogens is 487 g/mol. The summed E-state index contributed by atoms with van der Waals surface area (Å²) in [7, 11) is 3.27. The first kappa shape index (κ1) is 24.8. The van der Waals surface area contributed by atoms with Crippen molar-refractivity contribution in [3.63, 3.8) is 0 Å². The molecule has 5 rings (SSSR count). The van der Waals surface area contributed by atoms with Gasteiger partial charge in [-0.3, -0.25) is 19.3 Å². The van der Waals surface area contributed by atoms with Crippen LogP contribution in [0.15, 0.2) is 77.7 Å². The first-order valence-electron chi connectivity index (χ1n) is 11.8. The lowest BCUT2D eigenvalue weighted by molar-refractivity contribution is 0.102. The Morgan fingerprint density at radius 1 is 0.974 bits per heavy atom. The molecule has 0 atom stereocenters. The zero-order valence-electron chi connectivity index (χ0n) is 21.3. The van der Waals surface area contributed by atoms with E-state index in [1.54, 1.807) is 56.2 Å². The van der Waals surface area contributed by atoms with Crippen molar-refractivity contribution in [1.29, 1.82) is 0 Å². The number of anilines is 1. The number of ether oxygens (including phenoxy) is 2. The van der Waals surface area contributed by atoms with Crippen LogP contribution in [0.1, 0.15) is 21.6 Å². The van der Waals surface area contributed by atoms with Crippen LogP contribution in [-0.4, -0.2) is 27.4 Å². The molecule has 0 aliphatic heterocycles. The van der Waals surface area contributed by atoms with Crippen molar-refractivity contribution in [3.8, 4) is 22.9 Å². The maximum atomic E-state index is 15.0. The number of hydrogen-bond donors (Lipinski definition) is 1. The van der Waals surface area contributed by atoms with Crippen LogP contribution >= 0.6 is 0 Å². The van der Waals surface area contributed by atoms with E-state index in [1.165, 1.54) is 16.8 Å². The van der Waals surface area contributed by atoms with Gasteiger partial charge in [0, 0.05) is 36.5 Å². The maximum absolute atomic E-state index is 15.0. The Labute approximate surface area is 217 Å². The fraction of sp³-hybridized carbons (Fsp3) is 0.138. The Bertz CT molecular complexity index is 1740. The topological polar surface area (TPSA) is 87.4 Å². The molecule has 38 heavy (non-hydrogen) atoms. The van der Waals surface area contributed by atoms with Crippen LogP contribution in [0.25, 0.3) is 16.6 Å². The van der Waals surface area contributed by atoms with Crippen LogP contribution in [0.5, 0.6) is 17.2 Å². The van der Waals surface area contributed by atoms with Crippen molar-refractivity contribution in [1.82, 2.24) is 14.3 Å². The zero-order valence-corrected chi connectivity index (χ0v) is 21.3. The van der Waals surface area contributed by atoms with E-state index in [9.17, 15) is 9.59 Å². The van der Waals surface area contributed by atoms with Crippen molar-refractivity contribution in [2.45, 2.75) is 13.8 Å². The smallest absolute Gasteiger partial charge is 0.284 e. The van der Waals surface area contributed by atoms with Crippen LogP contribution < -0.4 is 20.3 Å². The summed E-state index contributed by atoms with van der Waals surface area (Å²) in [4.78, 5) is 30.6. The van der Waals surface area contributed by atoms with Crippen molar-refractivity contribution in [2.75, 3.05) is 12.4 Å². The van der Waals surface area contributed by atoms with Crippen LogP contribution in [0.3, 0.4) is 0 Å². The quantitative estimate of drug-likeness (QED) is 0.323. The highest BCUT2D eigenvalue weighted by Crippen LogP contribution is 2.32. The second-order valence-electron chi connectivity index (χ2n) is 8.83. The van der Waals surface area contributed by atoms with E-state index in [2.05, 4.69) is 10.3 Å². The molecule has 0 aliphatic rings. The summed E-state index contributed by atoms with van der Waals surface area (Å²) in [6.07, 6.45) is 1.56. The van der Waals surface area contributed by atoms with E-state index in [1.807, 2.05) is 31.2 Å². The number of nitrogens with one attached hydrogen (secondary N) is 1. The van der Waals surface area contributed by atoms with E-state index in [-0.39, 0.29) is 17.0 Å². The number of nitrogens with zero attached hydrogens (tertiary/aromatic N) is 3. The minimum absolute atomic E-state index is 0.0208. The second-order valence-corrected chi connectivity index (χ2v) is 8.83. The summed E-state index contributed by atoms with van der Waals surface area (Å²) < 4.78 is 29.1. The van der Waals surface area contributed by atoms with Crippen LogP contribution in [0.2, 0.25) is 0 Å². The van der Waals surface area contributed by atoms with Crippen molar-refractivity contribution in [3.05, 3.63) is 106 Å². The lowest BCUT2D eigenvalue weighted by atomic mass is 10.2. The van der Waals surface area contributed by atoms with Gasteiger partial charge in [0.1, 0.15) is 17.1 Å². The van der Waals surface area contributed by atoms with Crippen molar-refractivity contribution < 1.29 is 18.7 Å². The van der Waals surface area contributed by atoms with Gasteiger partial charge in [0.2, 0.25) is 0 Å². The predicted molar refractivity (Wildman–Crippen MR) is 143 cm³/mol. The normalized spacial score (nSPS) is 11.0. The standard InChI is InChI=1S/C29H25FN4O4/c1-17-5-8-20(9-6-17)34-29(36)27(18(2)33(34)3)28(35)32-19-7-12-26(23(30)15-19)38-25-13-14-31-24-16-21(37-4)10-11-22(24)25/h5-16H,1-4H3,(H,32,35). The summed E-state index contributed by atoms with van der Waals surface area (Å²) in [5.41, 5.74) is 2.52. The molecule has 1 N–H and O–H groups in total.